The molecular weight excluding hydrogens is 140 g/mol. The molecule has 0 N–H and O–H groups in total. The summed E-state index contributed by atoms with van der Waals surface area (Å²) >= 11 is 0. The van der Waals surface area contributed by atoms with Gasteiger partial charge in [0.05, 0.1) is 6.61 Å². The molecule has 0 spiro atoms. The summed E-state index contributed by atoms with van der Waals surface area (Å²) in [6.07, 6.45) is 1.88. The summed E-state index contributed by atoms with van der Waals surface area (Å²) < 4.78 is 5.26. The first-order valence-electron chi connectivity index (χ1n) is 3.94. The third-order valence-corrected chi connectivity index (χ3v) is 2.22. The van der Waals surface area contributed by atoms with Crippen molar-refractivity contribution < 1.29 is 9.53 Å². The summed E-state index contributed by atoms with van der Waals surface area (Å²) in [6, 6.07) is 0. The number of rotatable bonds is 2. The zero-order chi connectivity index (χ0) is 8.27. The molecule has 2 nitrogen and oxygen atoms in total. The van der Waals surface area contributed by atoms with Crippen LogP contribution >= 0.6 is 0 Å². The SMILES string of the molecule is C=C(C)[C@@H]1COCC[C@H]1C=O. The van der Waals surface area contributed by atoms with Crippen LogP contribution in [0, 0.1) is 11.8 Å². The number of aldehydes is 1. The Labute approximate surface area is 67.2 Å². The van der Waals surface area contributed by atoms with Gasteiger partial charge in [-0.2, -0.15) is 0 Å². The lowest BCUT2D eigenvalue weighted by molar-refractivity contribution is -0.115. The highest BCUT2D eigenvalue weighted by Gasteiger charge is 2.25. The number of hydrogen-bond donors (Lipinski definition) is 0. The molecule has 0 aromatic heterocycles. The van der Waals surface area contributed by atoms with E-state index < -0.39 is 0 Å². The van der Waals surface area contributed by atoms with Crippen molar-refractivity contribution in [3.8, 4) is 0 Å². The van der Waals surface area contributed by atoms with Gasteiger partial charge in [-0.3, -0.25) is 0 Å². The first-order valence-corrected chi connectivity index (χ1v) is 3.94. The summed E-state index contributed by atoms with van der Waals surface area (Å²) in [4.78, 5) is 10.6. The standard InChI is InChI=1S/C9H14O2/c1-7(2)9-6-11-4-3-8(9)5-10/h5,8-9H,1,3-4,6H2,2H3/t8-,9-/m0/s1. The molecule has 1 heterocycles. The predicted octanol–water partition coefficient (Wildman–Crippen LogP) is 1.41. The maximum atomic E-state index is 10.6. The Hall–Kier alpha value is -0.630. The van der Waals surface area contributed by atoms with Crippen LogP contribution in [0.3, 0.4) is 0 Å². The highest BCUT2D eigenvalue weighted by Crippen LogP contribution is 2.25. The van der Waals surface area contributed by atoms with E-state index in [4.69, 9.17) is 4.74 Å². The van der Waals surface area contributed by atoms with Crippen LogP contribution in [0.15, 0.2) is 12.2 Å². The Kier molecular flexibility index (Phi) is 2.83. The van der Waals surface area contributed by atoms with Gasteiger partial charge in [-0.15, -0.1) is 0 Å². The van der Waals surface area contributed by atoms with Crippen LogP contribution < -0.4 is 0 Å². The van der Waals surface area contributed by atoms with Gasteiger partial charge in [0.15, 0.2) is 0 Å². The summed E-state index contributed by atoms with van der Waals surface area (Å²) in [6.45, 7) is 7.17. The summed E-state index contributed by atoms with van der Waals surface area (Å²) in [5.41, 5.74) is 1.06. The quantitative estimate of drug-likeness (QED) is 0.444. The first kappa shape index (κ1) is 8.47. The minimum Gasteiger partial charge on any atom is -0.381 e. The highest BCUT2D eigenvalue weighted by atomic mass is 16.5. The molecule has 0 radical (unpaired) electrons. The van der Waals surface area contributed by atoms with E-state index in [0.717, 1.165) is 18.3 Å². The average Bonchev–Trinajstić information content (AvgIpc) is 2.04. The van der Waals surface area contributed by atoms with E-state index in [9.17, 15) is 4.79 Å². The molecule has 0 saturated carbocycles. The lowest BCUT2D eigenvalue weighted by Crippen LogP contribution is -2.28. The second-order valence-corrected chi connectivity index (χ2v) is 3.12. The molecule has 0 amide bonds. The Morgan fingerprint density at radius 3 is 2.91 bits per heavy atom. The third kappa shape index (κ3) is 1.90. The maximum absolute atomic E-state index is 10.6. The second kappa shape index (κ2) is 3.67. The molecule has 0 aromatic rings. The van der Waals surface area contributed by atoms with Gasteiger partial charge in [0, 0.05) is 18.4 Å². The topological polar surface area (TPSA) is 26.3 Å². The van der Waals surface area contributed by atoms with E-state index in [1.807, 2.05) is 6.92 Å². The lowest BCUT2D eigenvalue weighted by Gasteiger charge is -2.27. The molecule has 1 saturated heterocycles. The molecule has 1 fully saturated rings. The number of carbonyl (C=O) groups excluding carboxylic acids is 1. The Morgan fingerprint density at radius 1 is 1.73 bits per heavy atom. The van der Waals surface area contributed by atoms with Crippen molar-refractivity contribution in [2.45, 2.75) is 13.3 Å². The van der Waals surface area contributed by atoms with Crippen molar-refractivity contribution in [1.29, 1.82) is 0 Å². The van der Waals surface area contributed by atoms with E-state index >= 15 is 0 Å². The van der Waals surface area contributed by atoms with Crippen molar-refractivity contribution in [2.24, 2.45) is 11.8 Å². The van der Waals surface area contributed by atoms with Gasteiger partial charge in [-0.05, 0) is 13.3 Å². The normalized spacial score (nSPS) is 31.4. The van der Waals surface area contributed by atoms with Gasteiger partial charge in [0.25, 0.3) is 0 Å². The van der Waals surface area contributed by atoms with Crippen LogP contribution in [-0.4, -0.2) is 19.5 Å². The molecule has 2 heteroatoms. The van der Waals surface area contributed by atoms with E-state index in [1.165, 1.54) is 0 Å². The van der Waals surface area contributed by atoms with Crippen molar-refractivity contribution in [3.05, 3.63) is 12.2 Å². The Bertz CT molecular complexity index is 163. The van der Waals surface area contributed by atoms with Gasteiger partial charge >= 0.3 is 0 Å². The van der Waals surface area contributed by atoms with Gasteiger partial charge in [-0.25, -0.2) is 0 Å². The van der Waals surface area contributed by atoms with E-state index in [0.29, 0.717) is 13.2 Å². The molecule has 2 atom stereocenters. The average molecular weight is 154 g/mol. The van der Waals surface area contributed by atoms with Crippen LogP contribution in [0.5, 0.6) is 0 Å². The van der Waals surface area contributed by atoms with Crippen LogP contribution in [0.1, 0.15) is 13.3 Å². The monoisotopic (exact) mass is 154 g/mol. The minimum absolute atomic E-state index is 0.140. The zero-order valence-electron chi connectivity index (χ0n) is 6.88. The fourth-order valence-corrected chi connectivity index (χ4v) is 1.43. The molecular formula is C9H14O2. The summed E-state index contributed by atoms with van der Waals surface area (Å²) in [5.74, 6) is 0.391. The lowest BCUT2D eigenvalue weighted by atomic mass is 9.85. The van der Waals surface area contributed by atoms with Gasteiger partial charge < -0.3 is 9.53 Å². The molecule has 1 aliphatic heterocycles. The summed E-state index contributed by atoms with van der Waals surface area (Å²) in [5, 5.41) is 0. The fourth-order valence-electron chi connectivity index (χ4n) is 1.43. The second-order valence-electron chi connectivity index (χ2n) is 3.12. The Morgan fingerprint density at radius 2 is 2.45 bits per heavy atom. The van der Waals surface area contributed by atoms with Crippen molar-refractivity contribution >= 4 is 6.29 Å². The van der Waals surface area contributed by atoms with Crippen LogP contribution in [0.4, 0.5) is 0 Å². The van der Waals surface area contributed by atoms with Crippen LogP contribution in [-0.2, 0) is 9.53 Å². The third-order valence-electron chi connectivity index (χ3n) is 2.22. The van der Waals surface area contributed by atoms with Crippen LogP contribution in [0.25, 0.3) is 0 Å². The Balaban J connectivity index is 2.58. The number of carbonyl (C=O) groups is 1. The van der Waals surface area contributed by atoms with Gasteiger partial charge in [0.2, 0.25) is 0 Å². The first-order chi connectivity index (χ1) is 5.25. The fraction of sp³-hybridized carbons (Fsp3) is 0.667. The number of hydrogen-bond acceptors (Lipinski definition) is 2. The smallest absolute Gasteiger partial charge is 0.123 e. The maximum Gasteiger partial charge on any atom is 0.123 e. The molecule has 1 aliphatic rings. The van der Waals surface area contributed by atoms with Crippen molar-refractivity contribution in [1.82, 2.24) is 0 Å². The molecule has 0 aromatic carbocycles. The molecule has 0 aliphatic carbocycles. The van der Waals surface area contributed by atoms with E-state index in [2.05, 4.69) is 6.58 Å². The zero-order valence-corrected chi connectivity index (χ0v) is 6.88. The van der Waals surface area contributed by atoms with Crippen LogP contribution in [0.2, 0.25) is 0 Å². The van der Waals surface area contributed by atoms with E-state index in [1.54, 1.807) is 0 Å². The molecule has 0 unspecified atom stereocenters. The van der Waals surface area contributed by atoms with E-state index in [-0.39, 0.29) is 11.8 Å². The molecule has 0 bridgehead atoms. The molecule has 62 valence electrons. The van der Waals surface area contributed by atoms with Gasteiger partial charge in [-0.1, -0.05) is 12.2 Å². The number of ether oxygens (including phenoxy) is 1. The largest absolute Gasteiger partial charge is 0.381 e. The summed E-state index contributed by atoms with van der Waals surface area (Å²) in [7, 11) is 0. The van der Waals surface area contributed by atoms with Crippen molar-refractivity contribution in [2.75, 3.05) is 13.2 Å². The predicted molar refractivity (Wildman–Crippen MR) is 43.3 cm³/mol. The molecule has 11 heavy (non-hydrogen) atoms. The van der Waals surface area contributed by atoms with Gasteiger partial charge in [0.1, 0.15) is 6.29 Å². The molecule has 1 rings (SSSR count). The van der Waals surface area contributed by atoms with Crippen molar-refractivity contribution in [3.63, 3.8) is 0 Å². The highest BCUT2D eigenvalue weighted by molar-refractivity contribution is 5.55. The minimum atomic E-state index is 0.140.